The van der Waals surface area contributed by atoms with Gasteiger partial charge < -0.3 is 24.8 Å². The molecular formula is C19H24O7. The highest BCUT2D eigenvalue weighted by Crippen LogP contribution is 2.30. The van der Waals surface area contributed by atoms with Crippen molar-refractivity contribution in [3.8, 4) is 11.5 Å². The zero-order valence-electron chi connectivity index (χ0n) is 14.8. The van der Waals surface area contributed by atoms with Gasteiger partial charge in [-0.25, -0.2) is 4.79 Å². The minimum Gasteiger partial charge on any atom is -0.507 e. The summed E-state index contributed by atoms with van der Waals surface area (Å²) in [7, 11) is 1.45. The Labute approximate surface area is 151 Å². The van der Waals surface area contributed by atoms with Crippen LogP contribution in [0.5, 0.6) is 11.5 Å². The van der Waals surface area contributed by atoms with Crippen LogP contribution in [0.25, 0.3) is 0 Å². The molecule has 0 fully saturated rings. The first kappa shape index (κ1) is 19.9. The van der Waals surface area contributed by atoms with Crippen LogP contribution in [-0.4, -0.2) is 52.5 Å². The zero-order chi connectivity index (χ0) is 19.3. The molecule has 0 radical (unpaired) electrons. The van der Waals surface area contributed by atoms with E-state index in [0.29, 0.717) is 24.2 Å². The van der Waals surface area contributed by atoms with Gasteiger partial charge in [-0.2, -0.15) is 0 Å². The van der Waals surface area contributed by atoms with Crippen molar-refractivity contribution >= 4 is 11.8 Å². The zero-order valence-corrected chi connectivity index (χ0v) is 14.8. The molecule has 1 aromatic carbocycles. The van der Waals surface area contributed by atoms with Crippen LogP contribution < -0.4 is 4.74 Å². The average molecular weight is 364 g/mol. The van der Waals surface area contributed by atoms with E-state index in [1.54, 1.807) is 13.0 Å². The molecule has 7 heteroatoms. The first-order valence-electron chi connectivity index (χ1n) is 8.50. The number of fused-ring (bicyclic) bond motifs is 1. The van der Waals surface area contributed by atoms with E-state index >= 15 is 0 Å². The third-order valence-electron chi connectivity index (χ3n) is 4.27. The van der Waals surface area contributed by atoms with Crippen LogP contribution in [0.15, 0.2) is 24.3 Å². The number of carbonyl (C=O) groups excluding carboxylic acids is 2. The van der Waals surface area contributed by atoms with Crippen LogP contribution in [0.3, 0.4) is 0 Å². The lowest BCUT2D eigenvalue weighted by Crippen LogP contribution is -2.33. The fraction of sp³-hybridized carbons (Fsp3) is 0.474. The van der Waals surface area contributed by atoms with Gasteiger partial charge in [0.05, 0.1) is 13.2 Å². The molecule has 3 N–H and O–H groups in total. The number of cyclic esters (lactones) is 1. The van der Waals surface area contributed by atoms with Gasteiger partial charge in [0.15, 0.2) is 5.78 Å². The highest BCUT2D eigenvalue weighted by Gasteiger charge is 2.25. The van der Waals surface area contributed by atoms with E-state index in [-0.39, 0.29) is 24.2 Å². The lowest BCUT2D eigenvalue weighted by Gasteiger charge is -2.18. The summed E-state index contributed by atoms with van der Waals surface area (Å²) in [5.74, 6) is -1.10. The number of hydrogen-bond acceptors (Lipinski definition) is 7. The molecule has 0 spiro atoms. The molecule has 1 aromatic rings. The van der Waals surface area contributed by atoms with E-state index in [1.165, 1.54) is 25.3 Å². The maximum atomic E-state index is 12.5. The number of esters is 1. The van der Waals surface area contributed by atoms with E-state index < -0.39 is 30.1 Å². The predicted octanol–water partition coefficient (Wildman–Crippen LogP) is 1.52. The number of rotatable bonds is 1. The Morgan fingerprint density at radius 1 is 1.23 bits per heavy atom. The number of carbonyl (C=O) groups is 2. The molecule has 0 aromatic heterocycles. The maximum Gasteiger partial charge on any atom is 0.342 e. The molecule has 142 valence electrons. The first-order valence-corrected chi connectivity index (χ1v) is 8.50. The Bertz CT molecular complexity index is 695. The number of ketones is 1. The number of phenols is 1. The van der Waals surface area contributed by atoms with Gasteiger partial charge in [0, 0.05) is 12.5 Å². The Balaban J connectivity index is 2.36. The van der Waals surface area contributed by atoms with Gasteiger partial charge in [-0.05, 0) is 43.9 Å². The Morgan fingerprint density at radius 2 is 1.96 bits per heavy atom. The number of aromatic hydroxyl groups is 1. The minimum atomic E-state index is -1.50. The number of benzene rings is 1. The molecule has 26 heavy (non-hydrogen) atoms. The first-order chi connectivity index (χ1) is 12.3. The summed E-state index contributed by atoms with van der Waals surface area (Å²) in [6.45, 7) is 1.66. The van der Waals surface area contributed by atoms with Crippen molar-refractivity contribution in [1.82, 2.24) is 0 Å². The summed E-state index contributed by atoms with van der Waals surface area (Å²) in [6, 6.07) is 2.96. The fourth-order valence-corrected chi connectivity index (χ4v) is 2.82. The summed E-state index contributed by atoms with van der Waals surface area (Å²) in [4.78, 5) is 24.3. The number of aliphatic hydroxyl groups is 2. The van der Waals surface area contributed by atoms with Crippen molar-refractivity contribution in [1.29, 1.82) is 0 Å². The largest absolute Gasteiger partial charge is 0.507 e. The molecule has 0 aliphatic carbocycles. The summed E-state index contributed by atoms with van der Waals surface area (Å²) in [6.07, 6.45) is 0.556. The summed E-state index contributed by atoms with van der Waals surface area (Å²) < 4.78 is 10.5. The van der Waals surface area contributed by atoms with Crippen LogP contribution in [0.2, 0.25) is 0 Å². The van der Waals surface area contributed by atoms with Crippen molar-refractivity contribution in [3.63, 3.8) is 0 Å². The molecule has 0 saturated heterocycles. The molecule has 0 bridgehead atoms. The van der Waals surface area contributed by atoms with Crippen molar-refractivity contribution in [2.75, 3.05) is 7.11 Å². The monoisotopic (exact) mass is 364 g/mol. The van der Waals surface area contributed by atoms with E-state index in [9.17, 15) is 24.9 Å². The number of phenolic OH excluding ortho intramolecular Hbond substituents is 1. The predicted molar refractivity (Wildman–Crippen MR) is 93.3 cm³/mol. The molecule has 0 amide bonds. The highest BCUT2D eigenvalue weighted by atomic mass is 16.5. The van der Waals surface area contributed by atoms with Crippen LogP contribution in [0.1, 0.15) is 42.1 Å². The van der Waals surface area contributed by atoms with E-state index in [1.807, 2.05) is 0 Å². The van der Waals surface area contributed by atoms with E-state index in [2.05, 4.69) is 0 Å². The standard InChI is InChI=1S/C19H24O7/c1-11-5-3-7-14(20)18(23)15(21)8-4-6-12-9-13(25-2)10-16(22)17(12)19(24)26-11/h3,7,9-11,15,18,21-23H,4-6,8H2,1-2H3/b7-3-/t11-,15-,18?/m0/s1. The number of aryl methyl sites for hydroxylation is 1. The number of aliphatic hydroxyl groups excluding tert-OH is 2. The van der Waals surface area contributed by atoms with Crippen molar-refractivity contribution < 1.29 is 34.4 Å². The molecule has 2 rings (SSSR count). The van der Waals surface area contributed by atoms with Gasteiger partial charge in [-0.3, -0.25) is 4.79 Å². The molecule has 0 saturated carbocycles. The SMILES string of the molecule is COc1cc(O)c2c(c1)CCC[C@H](O)C(O)C(=O)/C=C\C[C@H](C)OC2=O. The molecule has 1 aliphatic heterocycles. The quantitative estimate of drug-likeness (QED) is 0.648. The van der Waals surface area contributed by atoms with Gasteiger partial charge >= 0.3 is 5.97 Å². The lowest BCUT2D eigenvalue weighted by molar-refractivity contribution is -0.128. The third-order valence-corrected chi connectivity index (χ3v) is 4.27. The van der Waals surface area contributed by atoms with Crippen molar-refractivity contribution in [2.45, 2.75) is 50.9 Å². The van der Waals surface area contributed by atoms with Crippen LogP contribution >= 0.6 is 0 Å². The molecule has 3 atom stereocenters. The van der Waals surface area contributed by atoms with Crippen molar-refractivity contribution in [2.24, 2.45) is 0 Å². The van der Waals surface area contributed by atoms with Gasteiger partial charge in [0.1, 0.15) is 29.3 Å². The van der Waals surface area contributed by atoms with Gasteiger partial charge in [-0.15, -0.1) is 0 Å². The van der Waals surface area contributed by atoms with Gasteiger partial charge in [-0.1, -0.05) is 6.08 Å². The Kier molecular flexibility index (Phi) is 6.76. The summed E-state index contributed by atoms with van der Waals surface area (Å²) in [5.41, 5.74) is 0.574. The fourth-order valence-electron chi connectivity index (χ4n) is 2.82. The second-order valence-corrected chi connectivity index (χ2v) is 6.34. The number of ether oxygens (including phenoxy) is 2. The summed E-state index contributed by atoms with van der Waals surface area (Å²) in [5, 5.41) is 30.1. The Hall–Kier alpha value is -2.38. The van der Waals surface area contributed by atoms with E-state index in [0.717, 1.165) is 0 Å². The number of hydrogen-bond donors (Lipinski definition) is 3. The van der Waals surface area contributed by atoms with E-state index in [4.69, 9.17) is 9.47 Å². The molecule has 7 nitrogen and oxygen atoms in total. The van der Waals surface area contributed by atoms with Gasteiger partial charge in [0.2, 0.25) is 0 Å². The highest BCUT2D eigenvalue weighted by molar-refractivity contribution is 5.95. The second kappa shape index (κ2) is 8.82. The molecular weight excluding hydrogens is 340 g/mol. The molecule has 1 aliphatic rings. The molecule has 1 heterocycles. The molecule has 1 unspecified atom stereocenters. The van der Waals surface area contributed by atoms with Crippen LogP contribution in [0.4, 0.5) is 0 Å². The smallest absolute Gasteiger partial charge is 0.342 e. The maximum absolute atomic E-state index is 12.5. The number of methoxy groups -OCH3 is 1. The van der Waals surface area contributed by atoms with Crippen LogP contribution in [0, 0.1) is 0 Å². The lowest BCUT2D eigenvalue weighted by atomic mass is 9.97. The summed E-state index contributed by atoms with van der Waals surface area (Å²) >= 11 is 0. The second-order valence-electron chi connectivity index (χ2n) is 6.34. The van der Waals surface area contributed by atoms with Gasteiger partial charge in [0.25, 0.3) is 0 Å². The van der Waals surface area contributed by atoms with Crippen LogP contribution in [-0.2, 0) is 16.0 Å². The average Bonchev–Trinajstić information content (AvgIpc) is 2.59. The third kappa shape index (κ3) is 4.83. The van der Waals surface area contributed by atoms with Crippen molar-refractivity contribution in [3.05, 3.63) is 35.4 Å². The minimum absolute atomic E-state index is 0.0600. The topological polar surface area (TPSA) is 113 Å². The Morgan fingerprint density at radius 3 is 2.65 bits per heavy atom. The normalized spacial score (nSPS) is 26.4.